The van der Waals surface area contributed by atoms with Gasteiger partial charge in [-0.25, -0.2) is 0 Å². The van der Waals surface area contributed by atoms with Crippen molar-refractivity contribution in [1.82, 2.24) is 0 Å². The summed E-state index contributed by atoms with van der Waals surface area (Å²) in [4.78, 5) is 11.5. The van der Waals surface area contributed by atoms with Crippen LogP contribution in [0.25, 0.3) is 0 Å². The third-order valence-corrected chi connectivity index (χ3v) is 5.09. The standard InChI is InChI=1S/C16H24N2O2/c1-12-10-15(17)11-14(16(12,2)18(19)20)9-8-13-6-4-3-5-7-13/h3-7,12,14-15H,8-11,17H2,1-2H3/t12-,14+,15?,16+/m0/s1. The Balaban J connectivity index is 2.12. The molecule has 0 amide bonds. The van der Waals surface area contributed by atoms with Crippen molar-refractivity contribution in [2.45, 2.75) is 51.1 Å². The Morgan fingerprint density at radius 1 is 1.35 bits per heavy atom. The molecule has 4 atom stereocenters. The van der Waals surface area contributed by atoms with E-state index in [9.17, 15) is 10.1 Å². The first-order chi connectivity index (χ1) is 9.44. The number of nitro groups is 1. The molecule has 0 bridgehead atoms. The van der Waals surface area contributed by atoms with E-state index >= 15 is 0 Å². The third-order valence-electron chi connectivity index (χ3n) is 5.09. The number of nitrogens with two attached hydrogens (primary N) is 1. The van der Waals surface area contributed by atoms with Crippen molar-refractivity contribution < 1.29 is 4.92 Å². The highest BCUT2D eigenvalue weighted by molar-refractivity contribution is 5.15. The fourth-order valence-corrected chi connectivity index (χ4v) is 3.52. The van der Waals surface area contributed by atoms with Crippen LogP contribution in [0.2, 0.25) is 0 Å². The van der Waals surface area contributed by atoms with Crippen LogP contribution in [0.3, 0.4) is 0 Å². The summed E-state index contributed by atoms with van der Waals surface area (Å²) in [6.07, 6.45) is 3.22. The van der Waals surface area contributed by atoms with Crippen LogP contribution < -0.4 is 5.73 Å². The highest BCUT2D eigenvalue weighted by Gasteiger charge is 2.53. The Morgan fingerprint density at radius 2 is 2.00 bits per heavy atom. The van der Waals surface area contributed by atoms with Gasteiger partial charge < -0.3 is 5.73 Å². The topological polar surface area (TPSA) is 69.2 Å². The van der Waals surface area contributed by atoms with Crippen molar-refractivity contribution in [3.8, 4) is 0 Å². The highest BCUT2D eigenvalue weighted by atomic mass is 16.6. The summed E-state index contributed by atoms with van der Waals surface area (Å²) < 4.78 is 0. The lowest BCUT2D eigenvalue weighted by Crippen LogP contribution is -2.55. The van der Waals surface area contributed by atoms with Gasteiger partial charge in [-0.1, -0.05) is 37.3 Å². The van der Waals surface area contributed by atoms with Crippen molar-refractivity contribution in [3.63, 3.8) is 0 Å². The summed E-state index contributed by atoms with van der Waals surface area (Å²) in [5.41, 5.74) is 6.48. The number of aryl methyl sites for hydroxylation is 1. The quantitative estimate of drug-likeness (QED) is 0.679. The average molecular weight is 276 g/mol. The van der Waals surface area contributed by atoms with Gasteiger partial charge in [0.15, 0.2) is 0 Å². The maximum atomic E-state index is 11.6. The van der Waals surface area contributed by atoms with Gasteiger partial charge in [0.2, 0.25) is 5.54 Å². The molecule has 4 heteroatoms. The Kier molecular flexibility index (Phi) is 4.43. The molecule has 0 radical (unpaired) electrons. The van der Waals surface area contributed by atoms with E-state index < -0.39 is 5.54 Å². The minimum atomic E-state index is -0.843. The SMILES string of the molecule is C[C@H]1CC(N)C[C@@H](CCc2ccccc2)[C@]1(C)[N+](=O)[O-]. The number of hydrogen-bond acceptors (Lipinski definition) is 3. The maximum absolute atomic E-state index is 11.6. The lowest BCUT2D eigenvalue weighted by atomic mass is 9.65. The van der Waals surface area contributed by atoms with Gasteiger partial charge in [0.1, 0.15) is 0 Å². The highest BCUT2D eigenvalue weighted by Crippen LogP contribution is 2.42. The summed E-state index contributed by atoms with van der Waals surface area (Å²) in [5.74, 6) is 0.0819. The molecule has 1 aromatic carbocycles. The van der Waals surface area contributed by atoms with Crippen LogP contribution in [-0.4, -0.2) is 16.5 Å². The summed E-state index contributed by atoms with van der Waals surface area (Å²) in [5, 5.41) is 11.6. The fraction of sp³-hybridized carbons (Fsp3) is 0.625. The van der Waals surface area contributed by atoms with E-state index in [2.05, 4.69) is 12.1 Å². The predicted molar refractivity (Wildman–Crippen MR) is 80.0 cm³/mol. The first kappa shape index (κ1) is 15.0. The summed E-state index contributed by atoms with van der Waals surface area (Å²) >= 11 is 0. The molecule has 2 N–H and O–H groups in total. The van der Waals surface area contributed by atoms with Gasteiger partial charge in [0.05, 0.1) is 0 Å². The molecular formula is C16H24N2O2. The van der Waals surface area contributed by atoms with Gasteiger partial charge in [-0.3, -0.25) is 10.1 Å². The third kappa shape index (κ3) is 2.85. The zero-order valence-electron chi connectivity index (χ0n) is 12.3. The second-order valence-corrected chi connectivity index (χ2v) is 6.34. The van der Waals surface area contributed by atoms with E-state index in [4.69, 9.17) is 5.73 Å². The van der Waals surface area contributed by atoms with Crippen LogP contribution in [0.4, 0.5) is 0 Å². The average Bonchev–Trinajstić information content (AvgIpc) is 2.42. The molecule has 1 aromatic rings. The summed E-state index contributed by atoms with van der Waals surface area (Å²) in [6.45, 7) is 3.77. The molecule has 0 heterocycles. The Morgan fingerprint density at radius 3 is 2.60 bits per heavy atom. The summed E-state index contributed by atoms with van der Waals surface area (Å²) in [7, 11) is 0. The van der Waals surface area contributed by atoms with Gasteiger partial charge in [0, 0.05) is 29.7 Å². The van der Waals surface area contributed by atoms with E-state index in [0.29, 0.717) is 0 Å². The fourth-order valence-electron chi connectivity index (χ4n) is 3.52. The largest absolute Gasteiger partial charge is 0.328 e. The zero-order chi connectivity index (χ0) is 14.8. The Bertz CT molecular complexity index is 463. The van der Waals surface area contributed by atoms with Crippen LogP contribution in [0.5, 0.6) is 0 Å². The molecule has 1 unspecified atom stereocenters. The van der Waals surface area contributed by atoms with Crippen molar-refractivity contribution >= 4 is 0 Å². The van der Waals surface area contributed by atoms with Gasteiger partial charge in [-0.05, 0) is 31.2 Å². The molecule has 110 valence electrons. The molecule has 2 rings (SSSR count). The number of hydrogen-bond donors (Lipinski definition) is 1. The molecule has 0 aliphatic heterocycles. The predicted octanol–water partition coefficient (Wildman–Crippen LogP) is 3.03. The van der Waals surface area contributed by atoms with Crippen LogP contribution in [0.15, 0.2) is 30.3 Å². The lowest BCUT2D eigenvalue weighted by Gasteiger charge is -2.41. The van der Waals surface area contributed by atoms with Gasteiger partial charge in [0.25, 0.3) is 0 Å². The van der Waals surface area contributed by atoms with Crippen molar-refractivity contribution in [2.75, 3.05) is 0 Å². The molecule has 4 nitrogen and oxygen atoms in total. The summed E-state index contributed by atoms with van der Waals surface area (Å²) in [6, 6.07) is 10.3. The van der Waals surface area contributed by atoms with Crippen LogP contribution in [-0.2, 0) is 6.42 Å². The number of rotatable bonds is 4. The molecular weight excluding hydrogens is 252 g/mol. The van der Waals surface area contributed by atoms with Crippen molar-refractivity contribution in [3.05, 3.63) is 46.0 Å². The van der Waals surface area contributed by atoms with E-state index in [1.54, 1.807) is 6.92 Å². The molecule has 1 aliphatic rings. The molecule has 1 saturated carbocycles. The van der Waals surface area contributed by atoms with Crippen LogP contribution in [0, 0.1) is 22.0 Å². The maximum Gasteiger partial charge on any atom is 0.224 e. The molecule has 20 heavy (non-hydrogen) atoms. The number of benzene rings is 1. The van der Waals surface area contributed by atoms with Gasteiger partial charge in [-0.15, -0.1) is 0 Å². The Labute approximate surface area is 120 Å². The van der Waals surface area contributed by atoms with Crippen LogP contribution in [0.1, 0.15) is 38.7 Å². The minimum absolute atomic E-state index is 0.0297. The monoisotopic (exact) mass is 276 g/mol. The van der Waals surface area contributed by atoms with E-state index in [1.807, 2.05) is 25.1 Å². The van der Waals surface area contributed by atoms with E-state index in [0.717, 1.165) is 25.7 Å². The molecule has 0 aromatic heterocycles. The number of nitrogens with zero attached hydrogens (tertiary/aromatic N) is 1. The van der Waals surface area contributed by atoms with Gasteiger partial charge in [-0.2, -0.15) is 0 Å². The van der Waals surface area contributed by atoms with Crippen molar-refractivity contribution in [1.29, 1.82) is 0 Å². The molecule has 0 spiro atoms. The normalized spacial score (nSPS) is 33.9. The minimum Gasteiger partial charge on any atom is -0.328 e. The van der Waals surface area contributed by atoms with Crippen LogP contribution >= 0.6 is 0 Å². The second kappa shape index (κ2) is 5.92. The first-order valence-corrected chi connectivity index (χ1v) is 7.38. The van der Waals surface area contributed by atoms with E-state index in [1.165, 1.54) is 5.56 Å². The van der Waals surface area contributed by atoms with Gasteiger partial charge >= 0.3 is 0 Å². The van der Waals surface area contributed by atoms with Crippen molar-refractivity contribution in [2.24, 2.45) is 17.6 Å². The van der Waals surface area contributed by atoms with E-state index in [-0.39, 0.29) is 22.8 Å². The molecule has 1 aliphatic carbocycles. The Hall–Kier alpha value is -1.42. The smallest absolute Gasteiger partial charge is 0.224 e. The zero-order valence-corrected chi connectivity index (χ0v) is 12.3. The second-order valence-electron chi connectivity index (χ2n) is 6.34. The molecule has 0 saturated heterocycles. The first-order valence-electron chi connectivity index (χ1n) is 7.38. The lowest BCUT2D eigenvalue weighted by molar-refractivity contribution is -0.590. The molecule has 1 fully saturated rings.